The smallest absolute Gasteiger partial charge is 0.150 e. The number of sulfone groups is 1. The molecule has 0 aliphatic rings. The van der Waals surface area contributed by atoms with Crippen molar-refractivity contribution in [3.63, 3.8) is 0 Å². The van der Waals surface area contributed by atoms with E-state index < -0.39 is 15.4 Å². The summed E-state index contributed by atoms with van der Waals surface area (Å²) in [6.07, 6.45) is 0.920. The van der Waals surface area contributed by atoms with E-state index in [9.17, 15) is 13.5 Å². The van der Waals surface area contributed by atoms with Crippen molar-refractivity contribution < 1.29 is 13.5 Å². The first-order chi connectivity index (χ1) is 7.18. The van der Waals surface area contributed by atoms with Gasteiger partial charge in [0.2, 0.25) is 0 Å². The molecule has 5 heteroatoms. The molecule has 16 heavy (non-hydrogen) atoms. The molecule has 0 aliphatic carbocycles. The number of nitrogens with one attached hydrogen (secondary N) is 1. The zero-order chi connectivity index (χ0) is 12.8. The summed E-state index contributed by atoms with van der Waals surface area (Å²) in [5.41, 5.74) is -0.953. The first-order valence-electron chi connectivity index (χ1n) is 5.85. The highest BCUT2D eigenvalue weighted by molar-refractivity contribution is 7.91. The zero-order valence-corrected chi connectivity index (χ0v) is 11.6. The Bertz CT molecular complexity index is 284. The highest BCUT2D eigenvalue weighted by Crippen LogP contribution is 2.11. The Morgan fingerprint density at radius 3 is 2.31 bits per heavy atom. The Morgan fingerprint density at radius 2 is 1.88 bits per heavy atom. The van der Waals surface area contributed by atoms with Gasteiger partial charge < -0.3 is 10.4 Å². The van der Waals surface area contributed by atoms with Crippen LogP contribution in [-0.2, 0) is 9.84 Å². The molecular formula is C11H25NO3S. The molecule has 0 amide bonds. The summed E-state index contributed by atoms with van der Waals surface area (Å²) < 4.78 is 23.0. The van der Waals surface area contributed by atoms with Crippen LogP contribution in [0.3, 0.4) is 0 Å². The number of hydrogen-bond donors (Lipinski definition) is 2. The highest BCUT2D eigenvalue weighted by Gasteiger charge is 2.23. The zero-order valence-electron chi connectivity index (χ0n) is 10.8. The first-order valence-corrected chi connectivity index (χ1v) is 7.67. The molecule has 0 aromatic carbocycles. The van der Waals surface area contributed by atoms with Gasteiger partial charge >= 0.3 is 0 Å². The van der Waals surface area contributed by atoms with Crippen molar-refractivity contribution in [1.29, 1.82) is 0 Å². The molecule has 4 nitrogen and oxygen atoms in total. The van der Waals surface area contributed by atoms with Gasteiger partial charge in [-0.05, 0) is 19.8 Å². The van der Waals surface area contributed by atoms with Gasteiger partial charge in [0.25, 0.3) is 0 Å². The molecule has 0 aromatic rings. The van der Waals surface area contributed by atoms with Crippen LogP contribution in [0.4, 0.5) is 0 Å². The lowest BCUT2D eigenvalue weighted by Gasteiger charge is -2.24. The fourth-order valence-electron chi connectivity index (χ4n) is 1.30. The van der Waals surface area contributed by atoms with E-state index in [1.165, 1.54) is 0 Å². The molecule has 0 heterocycles. The van der Waals surface area contributed by atoms with E-state index in [4.69, 9.17) is 0 Å². The molecule has 0 rings (SSSR count). The summed E-state index contributed by atoms with van der Waals surface area (Å²) in [5, 5.41) is 13.1. The molecule has 0 radical (unpaired) electrons. The van der Waals surface area contributed by atoms with E-state index in [1.54, 1.807) is 6.92 Å². The lowest BCUT2D eigenvalue weighted by molar-refractivity contribution is 0.0546. The molecule has 1 atom stereocenters. The minimum absolute atomic E-state index is 0.0631. The normalized spacial score (nSPS) is 16.4. The van der Waals surface area contributed by atoms with Crippen molar-refractivity contribution in [1.82, 2.24) is 5.32 Å². The Hall–Kier alpha value is -0.130. The summed E-state index contributed by atoms with van der Waals surface area (Å²) in [6, 6.07) is 0.290. The predicted molar refractivity (Wildman–Crippen MR) is 67.3 cm³/mol. The molecule has 2 N–H and O–H groups in total. The maximum absolute atomic E-state index is 11.5. The van der Waals surface area contributed by atoms with E-state index >= 15 is 0 Å². The summed E-state index contributed by atoms with van der Waals surface area (Å²) in [4.78, 5) is 0. The van der Waals surface area contributed by atoms with Crippen LogP contribution < -0.4 is 5.32 Å². The fraction of sp³-hybridized carbons (Fsp3) is 1.00. The van der Waals surface area contributed by atoms with Gasteiger partial charge in [0.05, 0.1) is 11.4 Å². The van der Waals surface area contributed by atoms with E-state index in [1.807, 2.05) is 20.8 Å². The first kappa shape index (κ1) is 15.9. The Balaban J connectivity index is 4.07. The lowest BCUT2D eigenvalue weighted by Crippen LogP contribution is -2.42. The lowest BCUT2D eigenvalue weighted by atomic mass is 10.0. The van der Waals surface area contributed by atoms with E-state index in [2.05, 4.69) is 5.32 Å². The molecule has 0 spiro atoms. The molecule has 0 aromatic heterocycles. The van der Waals surface area contributed by atoms with Crippen LogP contribution in [0, 0.1) is 0 Å². The van der Waals surface area contributed by atoms with Gasteiger partial charge in [0.15, 0.2) is 0 Å². The van der Waals surface area contributed by atoms with Crippen molar-refractivity contribution >= 4 is 9.84 Å². The third-order valence-electron chi connectivity index (χ3n) is 2.36. The second-order valence-corrected chi connectivity index (χ2v) is 7.24. The summed E-state index contributed by atoms with van der Waals surface area (Å²) in [7, 11) is -2.99. The standard InChI is InChI=1S/C11H25NO3S/c1-5-7-16(14,15)8-6-11(4,13)9-12-10(2)3/h10,12-13H,5-9H2,1-4H3. The average Bonchev–Trinajstić information content (AvgIpc) is 2.13. The van der Waals surface area contributed by atoms with Gasteiger partial charge in [-0.15, -0.1) is 0 Å². The van der Waals surface area contributed by atoms with E-state index in [-0.39, 0.29) is 17.9 Å². The third kappa shape index (κ3) is 8.07. The van der Waals surface area contributed by atoms with Crippen molar-refractivity contribution in [2.24, 2.45) is 0 Å². The summed E-state index contributed by atoms with van der Waals surface area (Å²) in [6.45, 7) is 7.92. The van der Waals surface area contributed by atoms with Crippen LogP contribution in [0.1, 0.15) is 40.5 Å². The topological polar surface area (TPSA) is 66.4 Å². The minimum Gasteiger partial charge on any atom is -0.389 e. The quantitative estimate of drug-likeness (QED) is 0.674. The van der Waals surface area contributed by atoms with Gasteiger partial charge in [-0.25, -0.2) is 8.42 Å². The van der Waals surface area contributed by atoms with Crippen LogP contribution >= 0.6 is 0 Å². The predicted octanol–water partition coefficient (Wildman–Crippen LogP) is 0.950. The number of rotatable bonds is 8. The molecular weight excluding hydrogens is 226 g/mol. The molecule has 0 saturated heterocycles. The van der Waals surface area contributed by atoms with Crippen molar-refractivity contribution in [3.8, 4) is 0 Å². The van der Waals surface area contributed by atoms with Crippen LogP contribution in [0.2, 0.25) is 0 Å². The molecule has 0 fully saturated rings. The summed E-state index contributed by atoms with van der Waals surface area (Å²) >= 11 is 0. The average molecular weight is 251 g/mol. The van der Waals surface area contributed by atoms with Crippen molar-refractivity contribution in [3.05, 3.63) is 0 Å². The SMILES string of the molecule is CCCS(=O)(=O)CCC(C)(O)CNC(C)C. The number of hydrogen-bond acceptors (Lipinski definition) is 4. The molecule has 1 unspecified atom stereocenters. The molecule has 0 aliphatic heterocycles. The number of aliphatic hydroxyl groups is 1. The van der Waals surface area contributed by atoms with Gasteiger partial charge in [0.1, 0.15) is 9.84 Å². The monoisotopic (exact) mass is 251 g/mol. The van der Waals surface area contributed by atoms with Gasteiger partial charge in [-0.3, -0.25) is 0 Å². The second-order valence-electron chi connectivity index (χ2n) is 4.93. The van der Waals surface area contributed by atoms with Crippen LogP contribution in [0.15, 0.2) is 0 Å². The maximum Gasteiger partial charge on any atom is 0.150 e. The van der Waals surface area contributed by atoms with Crippen LogP contribution in [0.5, 0.6) is 0 Å². The largest absolute Gasteiger partial charge is 0.389 e. The molecule has 0 bridgehead atoms. The fourth-order valence-corrected chi connectivity index (χ4v) is 2.88. The molecule has 0 saturated carbocycles. The van der Waals surface area contributed by atoms with Gasteiger partial charge in [-0.2, -0.15) is 0 Å². The Morgan fingerprint density at radius 1 is 1.31 bits per heavy atom. The van der Waals surface area contributed by atoms with Crippen LogP contribution in [0.25, 0.3) is 0 Å². The summed E-state index contributed by atoms with van der Waals surface area (Å²) in [5.74, 6) is 0.272. The van der Waals surface area contributed by atoms with Gasteiger partial charge in [-0.1, -0.05) is 20.8 Å². The minimum atomic E-state index is -2.99. The van der Waals surface area contributed by atoms with E-state index in [0.717, 1.165) is 0 Å². The Kier molecular flexibility index (Phi) is 6.51. The molecule has 98 valence electrons. The van der Waals surface area contributed by atoms with Crippen molar-refractivity contribution in [2.75, 3.05) is 18.1 Å². The third-order valence-corrected chi connectivity index (χ3v) is 4.21. The van der Waals surface area contributed by atoms with Crippen molar-refractivity contribution in [2.45, 2.75) is 52.2 Å². The Labute approximate surface area is 99.4 Å². The van der Waals surface area contributed by atoms with E-state index in [0.29, 0.717) is 19.0 Å². The van der Waals surface area contributed by atoms with Gasteiger partial charge in [0, 0.05) is 18.3 Å². The maximum atomic E-state index is 11.5. The second kappa shape index (κ2) is 6.57. The van der Waals surface area contributed by atoms with Crippen LogP contribution in [-0.4, -0.2) is 43.2 Å². The highest BCUT2D eigenvalue weighted by atomic mass is 32.2.